The van der Waals surface area contributed by atoms with Crippen molar-refractivity contribution in [1.82, 2.24) is 0 Å². The van der Waals surface area contributed by atoms with Crippen LogP contribution in [0.1, 0.15) is 35.3 Å². The zero-order valence-corrected chi connectivity index (χ0v) is 12.0. The van der Waals surface area contributed by atoms with E-state index >= 15 is 0 Å². The van der Waals surface area contributed by atoms with Gasteiger partial charge >= 0.3 is 5.97 Å². The van der Waals surface area contributed by atoms with E-state index in [1.807, 2.05) is 13.8 Å². The number of Topliss-reactive ketones (excluding diaryl/α,β-unsaturated/α-hetero) is 1. The Hall–Kier alpha value is -1.84. The van der Waals surface area contributed by atoms with Gasteiger partial charge in [0.1, 0.15) is 11.7 Å². The minimum absolute atomic E-state index is 0.243. The number of aliphatic carboxylic acids is 1. The fraction of sp³-hybridized carbons (Fsp3) is 0.467. The summed E-state index contributed by atoms with van der Waals surface area (Å²) in [6, 6.07) is 3.37. The second-order valence-electron chi connectivity index (χ2n) is 5.07. The fourth-order valence-corrected chi connectivity index (χ4v) is 2.29. The molecule has 0 aromatic heterocycles. The van der Waals surface area contributed by atoms with Crippen molar-refractivity contribution >= 4 is 11.8 Å². The fourth-order valence-electron chi connectivity index (χ4n) is 2.29. The van der Waals surface area contributed by atoms with Gasteiger partial charge in [0.05, 0.1) is 7.11 Å². The highest BCUT2D eigenvalue weighted by Gasteiger charge is 2.30. The maximum atomic E-state index is 12.3. The highest BCUT2D eigenvalue weighted by atomic mass is 16.5. The molecule has 0 bridgehead atoms. The number of hydrogen-bond acceptors (Lipinski definition) is 3. The molecule has 0 radical (unpaired) electrons. The second-order valence-corrected chi connectivity index (χ2v) is 5.07. The van der Waals surface area contributed by atoms with E-state index in [1.54, 1.807) is 33.1 Å². The minimum Gasteiger partial charge on any atom is -0.496 e. The smallest absolute Gasteiger partial charge is 0.314 e. The molecular formula is C15H20O4. The van der Waals surface area contributed by atoms with Crippen LogP contribution >= 0.6 is 0 Å². The maximum absolute atomic E-state index is 12.3. The molecule has 19 heavy (non-hydrogen) atoms. The molecule has 1 unspecified atom stereocenters. The number of carboxylic acid groups (broad SMARTS) is 1. The average Bonchev–Trinajstić information content (AvgIpc) is 2.27. The van der Waals surface area contributed by atoms with Crippen LogP contribution in [0.4, 0.5) is 0 Å². The first-order valence-corrected chi connectivity index (χ1v) is 6.21. The van der Waals surface area contributed by atoms with Crippen LogP contribution in [0.5, 0.6) is 5.75 Å². The lowest BCUT2D eigenvalue weighted by molar-refractivity contribution is -0.141. The Kier molecular flexibility index (Phi) is 4.70. The van der Waals surface area contributed by atoms with Gasteiger partial charge in [0.15, 0.2) is 5.78 Å². The van der Waals surface area contributed by atoms with Gasteiger partial charge in [-0.15, -0.1) is 0 Å². The number of benzene rings is 1. The molecule has 1 rings (SSSR count). The number of hydrogen-bond donors (Lipinski definition) is 1. The topological polar surface area (TPSA) is 63.6 Å². The molecule has 4 nitrogen and oxygen atoms in total. The lowest BCUT2D eigenvalue weighted by Crippen LogP contribution is -2.28. The van der Waals surface area contributed by atoms with Crippen LogP contribution < -0.4 is 4.74 Å². The number of carbonyl (C=O) groups is 2. The molecule has 4 heteroatoms. The molecule has 104 valence electrons. The van der Waals surface area contributed by atoms with Gasteiger partial charge in [-0.05, 0) is 43.0 Å². The normalized spacial score (nSPS) is 12.3. The van der Waals surface area contributed by atoms with Crippen molar-refractivity contribution in [3.05, 3.63) is 28.8 Å². The molecule has 0 amide bonds. The van der Waals surface area contributed by atoms with E-state index in [1.165, 1.54) is 0 Å². The lowest BCUT2D eigenvalue weighted by atomic mass is 9.87. The molecule has 1 aromatic rings. The predicted octanol–water partition coefficient (Wildman–Crippen LogP) is 2.85. The van der Waals surface area contributed by atoms with Gasteiger partial charge in [0.2, 0.25) is 0 Å². The van der Waals surface area contributed by atoms with Gasteiger partial charge in [0, 0.05) is 5.56 Å². The zero-order valence-electron chi connectivity index (χ0n) is 12.0. The Morgan fingerprint density at radius 2 is 1.63 bits per heavy atom. The first-order valence-electron chi connectivity index (χ1n) is 6.21. The van der Waals surface area contributed by atoms with E-state index in [0.29, 0.717) is 5.56 Å². The van der Waals surface area contributed by atoms with Crippen molar-refractivity contribution < 1.29 is 19.4 Å². The summed E-state index contributed by atoms with van der Waals surface area (Å²) in [6.45, 7) is 7.15. The standard InChI is InChI=1S/C15H20O4/c1-8(2)12(15(17)18)13(16)11-6-9(3)14(19-5)10(4)7-11/h6-8,12H,1-5H3,(H,17,18). The Morgan fingerprint density at radius 1 is 1.16 bits per heavy atom. The number of aryl methyl sites for hydroxylation is 2. The first-order chi connectivity index (χ1) is 8.79. The molecule has 1 N–H and O–H groups in total. The summed E-state index contributed by atoms with van der Waals surface area (Å²) < 4.78 is 5.24. The van der Waals surface area contributed by atoms with Gasteiger partial charge in [0.25, 0.3) is 0 Å². The number of ether oxygens (including phenoxy) is 1. The minimum atomic E-state index is -1.08. The van der Waals surface area contributed by atoms with Crippen LogP contribution in [0.25, 0.3) is 0 Å². The summed E-state index contributed by atoms with van der Waals surface area (Å²) in [7, 11) is 1.57. The summed E-state index contributed by atoms with van der Waals surface area (Å²) in [6.07, 6.45) is 0. The third-order valence-electron chi connectivity index (χ3n) is 3.16. The average molecular weight is 264 g/mol. The quantitative estimate of drug-likeness (QED) is 0.656. The first kappa shape index (κ1) is 15.2. The molecule has 0 heterocycles. The Balaban J connectivity index is 3.23. The molecular weight excluding hydrogens is 244 g/mol. The molecule has 0 saturated heterocycles. The summed E-state index contributed by atoms with van der Waals surface area (Å²) in [5.41, 5.74) is 2.09. The second kappa shape index (κ2) is 5.87. The van der Waals surface area contributed by atoms with Crippen molar-refractivity contribution in [2.45, 2.75) is 27.7 Å². The number of carboxylic acids is 1. The molecule has 0 spiro atoms. The van der Waals surface area contributed by atoms with Crippen LogP contribution in [0.2, 0.25) is 0 Å². The summed E-state index contributed by atoms with van der Waals surface area (Å²) >= 11 is 0. The van der Waals surface area contributed by atoms with Crippen LogP contribution in [0, 0.1) is 25.7 Å². The Bertz CT molecular complexity index is 480. The largest absolute Gasteiger partial charge is 0.496 e. The van der Waals surface area contributed by atoms with Crippen molar-refractivity contribution in [2.75, 3.05) is 7.11 Å². The van der Waals surface area contributed by atoms with E-state index in [-0.39, 0.29) is 11.7 Å². The van der Waals surface area contributed by atoms with Gasteiger partial charge in [-0.1, -0.05) is 13.8 Å². The Labute approximate surface area is 113 Å². The van der Waals surface area contributed by atoms with Crippen LogP contribution in [-0.4, -0.2) is 24.0 Å². The van der Waals surface area contributed by atoms with Crippen molar-refractivity contribution in [2.24, 2.45) is 11.8 Å². The van der Waals surface area contributed by atoms with Crippen LogP contribution in [0.15, 0.2) is 12.1 Å². The maximum Gasteiger partial charge on any atom is 0.314 e. The Morgan fingerprint density at radius 3 is 1.95 bits per heavy atom. The van der Waals surface area contributed by atoms with Crippen molar-refractivity contribution in [3.63, 3.8) is 0 Å². The number of ketones is 1. The summed E-state index contributed by atoms with van der Waals surface area (Å²) in [4.78, 5) is 23.5. The van der Waals surface area contributed by atoms with Gasteiger partial charge in [-0.3, -0.25) is 9.59 Å². The van der Waals surface area contributed by atoms with Gasteiger partial charge in [-0.25, -0.2) is 0 Å². The SMILES string of the molecule is COc1c(C)cc(C(=O)C(C(=O)O)C(C)C)cc1C. The van der Waals surface area contributed by atoms with E-state index < -0.39 is 11.9 Å². The summed E-state index contributed by atoms with van der Waals surface area (Å²) in [5.74, 6) is -1.95. The van der Waals surface area contributed by atoms with Crippen molar-refractivity contribution in [1.29, 1.82) is 0 Å². The molecule has 0 fully saturated rings. The highest BCUT2D eigenvalue weighted by Crippen LogP contribution is 2.27. The monoisotopic (exact) mass is 264 g/mol. The number of rotatable bonds is 5. The number of carbonyl (C=O) groups excluding carboxylic acids is 1. The molecule has 0 aliphatic heterocycles. The number of methoxy groups -OCH3 is 1. The highest BCUT2D eigenvalue weighted by molar-refractivity contribution is 6.08. The van der Waals surface area contributed by atoms with Crippen LogP contribution in [-0.2, 0) is 4.79 Å². The molecule has 0 aliphatic rings. The molecule has 1 atom stereocenters. The molecule has 1 aromatic carbocycles. The van der Waals surface area contributed by atoms with E-state index in [4.69, 9.17) is 9.84 Å². The predicted molar refractivity (Wildman–Crippen MR) is 72.8 cm³/mol. The van der Waals surface area contributed by atoms with E-state index in [9.17, 15) is 9.59 Å². The van der Waals surface area contributed by atoms with E-state index in [0.717, 1.165) is 16.9 Å². The van der Waals surface area contributed by atoms with Crippen molar-refractivity contribution in [3.8, 4) is 5.75 Å². The third-order valence-corrected chi connectivity index (χ3v) is 3.16. The molecule has 0 aliphatic carbocycles. The zero-order chi connectivity index (χ0) is 14.7. The van der Waals surface area contributed by atoms with Crippen LogP contribution in [0.3, 0.4) is 0 Å². The third kappa shape index (κ3) is 3.13. The van der Waals surface area contributed by atoms with E-state index in [2.05, 4.69) is 0 Å². The van der Waals surface area contributed by atoms with Gasteiger partial charge < -0.3 is 9.84 Å². The summed E-state index contributed by atoms with van der Waals surface area (Å²) in [5, 5.41) is 9.17. The molecule has 0 saturated carbocycles. The lowest BCUT2D eigenvalue weighted by Gasteiger charge is -2.17. The van der Waals surface area contributed by atoms with Gasteiger partial charge in [-0.2, -0.15) is 0 Å².